The summed E-state index contributed by atoms with van der Waals surface area (Å²) in [6.45, 7) is 0. The average molecular weight is 239 g/mol. The van der Waals surface area contributed by atoms with Crippen LogP contribution >= 0.6 is 0 Å². The molecule has 0 rings (SSSR count). The van der Waals surface area contributed by atoms with Crippen LogP contribution in [0.5, 0.6) is 0 Å². The van der Waals surface area contributed by atoms with Gasteiger partial charge in [0, 0.05) is 0 Å². The molecule has 0 aliphatic rings. The molecule has 0 aromatic carbocycles. The summed E-state index contributed by atoms with van der Waals surface area (Å²) in [5.74, 6) is -5.62. The highest BCUT2D eigenvalue weighted by molar-refractivity contribution is 5.73. The van der Waals surface area contributed by atoms with Crippen LogP contribution in [-0.4, -0.2) is 29.5 Å². The fourth-order valence-corrected chi connectivity index (χ4v) is 0.808. The standard InChI is InChI=1S/C6H7F6NO2/c7-5(8,9)3(6(10,11)12)1-2(13)4(14)15/h2-3H,1,13H2,(H,14,15)/t2-/m0/s1. The first-order valence-electron chi connectivity index (χ1n) is 3.58. The minimum absolute atomic E-state index is 1.72. The molecule has 0 bridgehead atoms. The van der Waals surface area contributed by atoms with Crippen molar-refractivity contribution in [2.45, 2.75) is 24.8 Å². The van der Waals surface area contributed by atoms with Crippen molar-refractivity contribution in [1.82, 2.24) is 0 Å². The molecule has 3 N–H and O–H groups in total. The van der Waals surface area contributed by atoms with Crippen LogP contribution in [-0.2, 0) is 4.79 Å². The molecule has 1 atom stereocenters. The highest BCUT2D eigenvalue weighted by Crippen LogP contribution is 2.41. The number of hydrogen-bond donors (Lipinski definition) is 2. The predicted octanol–water partition coefficient (Wildman–Crippen LogP) is 1.53. The van der Waals surface area contributed by atoms with E-state index < -0.39 is 36.7 Å². The monoisotopic (exact) mass is 239 g/mol. The second-order valence-electron chi connectivity index (χ2n) is 2.82. The maximum absolute atomic E-state index is 11.9. The predicted molar refractivity (Wildman–Crippen MR) is 35.8 cm³/mol. The molecule has 0 fully saturated rings. The number of carboxylic acids is 1. The van der Waals surface area contributed by atoms with Gasteiger partial charge in [-0.2, -0.15) is 26.3 Å². The van der Waals surface area contributed by atoms with Crippen molar-refractivity contribution in [3.63, 3.8) is 0 Å². The molecule has 0 saturated carbocycles. The highest BCUT2D eigenvalue weighted by Gasteiger charge is 2.57. The number of aliphatic carboxylic acids is 1. The summed E-state index contributed by atoms with van der Waals surface area (Å²) in [5.41, 5.74) is 4.61. The van der Waals surface area contributed by atoms with Crippen molar-refractivity contribution in [1.29, 1.82) is 0 Å². The van der Waals surface area contributed by atoms with E-state index in [2.05, 4.69) is 5.73 Å². The smallest absolute Gasteiger partial charge is 0.400 e. The minimum Gasteiger partial charge on any atom is -0.480 e. The van der Waals surface area contributed by atoms with E-state index in [9.17, 15) is 31.1 Å². The van der Waals surface area contributed by atoms with Crippen LogP contribution in [0, 0.1) is 5.92 Å². The lowest BCUT2D eigenvalue weighted by Crippen LogP contribution is -2.43. The van der Waals surface area contributed by atoms with Crippen LogP contribution < -0.4 is 5.73 Å². The third kappa shape index (κ3) is 4.36. The van der Waals surface area contributed by atoms with Gasteiger partial charge in [-0.05, 0) is 6.42 Å². The van der Waals surface area contributed by atoms with Crippen molar-refractivity contribution in [2.24, 2.45) is 11.7 Å². The van der Waals surface area contributed by atoms with Crippen LogP contribution in [0.1, 0.15) is 6.42 Å². The van der Waals surface area contributed by atoms with Crippen molar-refractivity contribution < 1.29 is 36.2 Å². The Hall–Kier alpha value is -0.990. The van der Waals surface area contributed by atoms with Crippen molar-refractivity contribution in [3.05, 3.63) is 0 Å². The van der Waals surface area contributed by atoms with Gasteiger partial charge in [0.15, 0.2) is 5.92 Å². The van der Waals surface area contributed by atoms with Gasteiger partial charge in [-0.1, -0.05) is 0 Å². The molecule has 15 heavy (non-hydrogen) atoms. The normalized spacial score (nSPS) is 15.5. The molecule has 0 aromatic rings. The molecular formula is C6H7F6NO2. The van der Waals surface area contributed by atoms with Gasteiger partial charge in [0.1, 0.15) is 6.04 Å². The molecule has 0 aliphatic heterocycles. The number of alkyl halides is 6. The molecule has 0 radical (unpaired) electrons. The number of carbonyl (C=O) groups is 1. The molecule has 0 heterocycles. The first-order valence-corrected chi connectivity index (χ1v) is 3.58. The van der Waals surface area contributed by atoms with Gasteiger partial charge in [-0.3, -0.25) is 4.79 Å². The van der Waals surface area contributed by atoms with E-state index in [1.54, 1.807) is 0 Å². The summed E-state index contributed by atoms with van der Waals surface area (Å²) in [6, 6.07) is -2.20. The molecule has 0 aliphatic carbocycles. The van der Waals surface area contributed by atoms with E-state index in [-0.39, 0.29) is 0 Å². The Morgan fingerprint density at radius 1 is 1.13 bits per heavy atom. The average Bonchev–Trinajstić information content (AvgIpc) is 1.94. The summed E-state index contributed by atoms with van der Waals surface area (Å²) in [6.07, 6.45) is -12.8. The zero-order valence-electron chi connectivity index (χ0n) is 7.06. The van der Waals surface area contributed by atoms with E-state index in [1.807, 2.05) is 0 Å². The summed E-state index contributed by atoms with van der Waals surface area (Å²) < 4.78 is 71.2. The Kier molecular flexibility index (Phi) is 3.97. The topological polar surface area (TPSA) is 63.3 Å². The first-order chi connectivity index (χ1) is 6.46. The molecule has 0 spiro atoms. The number of nitrogens with two attached hydrogens (primary N) is 1. The lowest BCUT2D eigenvalue weighted by Gasteiger charge is -2.24. The van der Waals surface area contributed by atoms with Gasteiger partial charge in [-0.15, -0.1) is 0 Å². The fourth-order valence-electron chi connectivity index (χ4n) is 0.808. The van der Waals surface area contributed by atoms with Gasteiger partial charge >= 0.3 is 18.3 Å². The third-order valence-corrected chi connectivity index (χ3v) is 1.60. The molecule has 90 valence electrons. The minimum atomic E-state index is -5.55. The molecule has 0 aromatic heterocycles. The molecule has 0 unspecified atom stereocenters. The Bertz CT molecular complexity index is 221. The second kappa shape index (κ2) is 4.25. The van der Waals surface area contributed by atoms with Crippen LogP contribution in [0.2, 0.25) is 0 Å². The SMILES string of the molecule is N[C@@H](CC(C(F)(F)F)C(F)(F)F)C(=O)O. The van der Waals surface area contributed by atoms with Crippen LogP contribution in [0.25, 0.3) is 0 Å². The molecular weight excluding hydrogens is 232 g/mol. The Morgan fingerprint density at radius 3 is 1.67 bits per heavy atom. The first kappa shape index (κ1) is 14.0. The van der Waals surface area contributed by atoms with Gasteiger partial charge in [0.2, 0.25) is 0 Å². The van der Waals surface area contributed by atoms with Crippen molar-refractivity contribution >= 4 is 5.97 Å². The van der Waals surface area contributed by atoms with E-state index >= 15 is 0 Å². The highest BCUT2D eigenvalue weighted by atomic mass is 19.4. The van der Waals surface area contributed by atoms with Gasteiger partial charge in [0.25, 0.3) is 0 Å². The van der Waals surface area contributed by atoms with E-state index in [0.717, 1.165) is 0 Å². The lowest BCUT2D eigenvalue weighted by atomic mass is 9.99. The molecule has 9 heteroatoms. The van der Waals surface area contributed by atoms with E-state index in [0.29, 0.717) is 0 Å². The number of halogens is 6. The fraction of sp³-hybridized carbons (Fsp3) is 0.833. The maximum atomic E-state index is 11.9. The zero-order valence-corrected chi connectivity index (χ0v) is 7.06. The van der Waals surface area contributed by atoms with Gasteiger partial charge in [0.05, 0.1) is 0 Å². The Labute approximate surface area is 79.9 Å². The van der Waals surface area contributed by atoms with Crippen molar-refractivity contribution in [3.8, 4) is 0 Å². The number of carboxylic acid groups (broad SMARTS) is 1. The Morgan fingerprint density at radius 2 is 1.47 bits per heavy atom. The summed E-state index contributed by atoms with van der Waals surface area (Å²) in [5, 5.41) is 8.10. The lowest BCUT2D eigenvalue weighted by molar-refractivity contribution is -0.286. The maximum Gasteiger partial charge on any atom is 0.400 e. The number of hydrogen-bond acceptors (Lipinski definition) is 2. The van der Waals surface area contributed by atoms with Crippen LogP contribution in [0.15, 0.2) is 0 Å². The summed E-state index contributed by atoms with van der Waals surface area (Å²) in [7, 11) is 0. The molecule has 0 amide bonds. The third-order valence-electron chi connectivity index (χ3n) is 1.60. The quantitative estimate of drug-likeness (QED) is 0.734. The molecule has 3 nitrogen and oxygen atoms in total. The largest absolute Gasteiger partial charge is 0.480 e. The van der Waals surface area contributed by atoms with Gasteiger partial charge in [-0.25, -0.2) is 0 Å². The van der Waals surface area contributed by atoms with Crippen LogP contribution in [0.4, 0.5) is 26.3 Å². The second-order valence-corrected chi connectivity index (χ2v) is 2.82. The summed E-state index contributed by atoms with van der Waals surface area (Å²) in [4.78, 5) is 10.0. The van der Waals surface area contributed by atoms with Crippen LogP contribution in [0.3, 0.4) is 0 Å². The number of rotatable bonds is 3. The van der Waals surface area contributed by atoms with E-state index in [1.165, 1.54) is 0 Å². The van der Waals surface area contributed by atoms with Gasteiger partial charge < -0.3 is 10.8 Å². The van der Waals surface area contributed by atoms with Crippen molar-refractivity contribution in [2.75, 3.05) is 0 Å². The summed E-state index contributed by atoms with van der Waals surface area (Å²) >= 11 is 0. The van der Waals surface area contributed by atoms with E-state index in [4.69, 9.17) is 5.11 Å². The Balaban J connectivity index is 4.77. The zero-order chi connectivity index (χ0) is 12.4. The molecule has 0 saturated heterocycles.